The molecule has 43 heavy (non-hydrogen) atoms. The highest BCUT2D eigenvalue weighted by Gasteiger charge is 2.41. The summed E-state index contributed by atoms with van der Waals surface area (Å²) in [7, 11) is 4.60. The van der Waals surface area contributed by atoms with Crippen molar-refractivity contribution in [3.8, 4) is 17.2 Å². The topological polar surface area (TPSA) is 106 Å². The molecule has 1 aliphatic rings. The van der Waals surface area contributed by atoms with Crippen molar-refractivity contribution in [2.45, 2.75) is 11.8 Å². The van der Waals surface area contributed by atoms with Crippen LogP contribution in [0.1, 0.15) is 15.9 Å². The van der Waals surface area contributed by atoms with Crippen LogP contribution >= 0.6 is 11.8 Å². The maximum absolute atomic E-state index is 13.9. The number of imide groups is 1. The summed E-state index contributed by atoms with van der Waals surface area (Å²) in [5.41, 5.74) is 2.90. The van der Waals surface area contributed by atoms with E-state index in [-0.39, 0.29) is 16.5 Å². The first-order valence-corrected chi connectivity index (χ1v) is 14.0. The minimum absolute atomic E-state index is 0.120. The Morgan fingerprint density at radius 2 is 1.49 bits per heavy atom. The van der Waals surface area contributed by atoms with E-state index in [0.717, 1.165) is 22.2 Å². The fraction of sp³-hybridized carbons (Fsp3) is 0.121. The Labute approximate surface area is 253 Å². The molecule has 9 nitrogen and oxygen atoms in total. The normalized spacial score (nSPS) is 12.8. The number of thioether (sulfide) groups is 1. The van der Waals surface area contributed by atoms with Gasteiger partial charge in [-0.15, -0.1) is 0 Å². The van der Waals surface area contributed by atoms with E-state index in [0.29, 0.717) is 44.8 Å². The smallest absolute Gasteiger partial charge is 0.283 e. The minimum Gasteiger partial charge on any atom is -0.497 e. The quantitative estimate of drug-likeness (QED) is 0.207. The summed E-state index contributed by atoms with van der Waals surface area (Å²) < 4.78 is 16.0. The zero-order valence-electron chi connectivity index (χ0n) is 24.0. The van der Waals surface area contributed by atoms with Gasteiger partial charge in [0.25, 0.3) is 17.7 Å². The van der Waals surface area contributed by atoms with E-state index in [4.69, 9.17) is 14.2 Å². The van der Waals surface area contributed by atoms with E-state index >= 15 is 0 Å². The lowest BCUT2D eigenvalue weighted by Crippen LogP contribution is -2.32. The molecule has 1 heterocycles. The van der Waals surface area contributed by atoms with Crippen molar-refractivity contribution in [1.29, 1.82) is 0 Å². The molecule has 0 saturated heterocycles. The number of nitrogens with one attached hydrogen (secondary N) is 2. The van der Waals surface area contributed by atoms with Gasteiger partial charge in [-0.25, -0.2) is 4.90 Å². The average molecular weight is 596 g/mol. The zero-order chi connectivity index (χ0) is 30.5. The number of aryl methyl sites for hydroxylation is 1. The van der Waals surface area contributed by atoms with Crippen molar-refractivity contribution in [2.24, 2.45) is 0 Å². The molecule has 2 N–H and O–H groups in total. The molecule has 10 heteroatoms. The molecule has 0 aromatic heterocycles. The molecule has 0 aliphatic carbocycles. The second-order valence-corrected chi connectivity index (χ2v) is 10.6. The van der Waals surface area contributed by atoms with E-state index in [2.05, 4.69) is 10.6 Å². The van der Waals surface area contributed by atoms with Gasteiger partial charge in [-0.1, -0.05) is 30.0 Å². The van der Waals surface area contributed by atoms with Gasteiger partial charge in [-0.3, -0.25) is 14.4 Å². The van der Waals surface area contributed by atoms with Crippen molar-refractivity contribution >= 4 is 46.5 Å². The summed E-state index contributed by atoms with van der Waals surface area (Å²) >= 11 is 1.13. The molecule has 4 aromatic rings. The highest BCUT2D eigenvalue weighted by atomic mass is 32.2. The van der Waals surface area contributed by atoms with Gasteiger partial charge >= 0.3 is 0 Å². The van der Waals surface area contributed by atoms with Crippen LogP contribution in [-0.2, 0) is 9.59 Å². The summed E-state index contributed by atoms with van der Waals surface area (Å²) in [6.07, 6.45) is 0. The summed E-state index contributed by atoms with van der Waals surface area (Å²) in [4.78, 5) is 42.7. The van der Waals surface area contributed by atoms with Crippen LogP contribution < -0.4 is 29.7 Å². The third-order valence-electron chi connectivity index (χ3n) is 6.62. The van der Waals surface area contributed by atoms with Gasteiger partial charge in [0, 0.05) is 21.8 Å². The predicted octanol–water partition coefficient (Wildman–Crippen LogP) is 6.26. The van der Waals surface area contributed by atoms with Crippen LogP contribution in [0.5, 0.6) is 17.2 Å². The highest BCUT2D eigenvalue weighted by molar-refractivity contribution is 8.04. The van der Waals surface area contributed by atoms with Crippen molar-refractivity contribution in [1.82, 2.24) is 0 Å². The summed E-state index contributed by atoms with van der Waals surface area (Å²) in [6.45, 7) is 1.87. The van der Waals surface area contributed by atoms with Crippen LogP contribution in [0.3, 0.4) is 0 Å². The first-order chi connectivity index (χ1) is 20.8. The number of rotatable bonds is 10. The number of benzene rings is 4. The largest absolute Gasteiger partial charge is 0.497 e. The van der Waals surface area contributed by atoms with E-state index in [1.807, 2.05) is 13.0 Å². The second kappa shape index (κ2) is 12.7. The van der Waals surface area contributed by atoms with Crippen LogP contribution in [-0.4, -0.2) is 39.1 Å². The molecule has 0 bridgehead atoms. The maximum Gasteiger partial charge on any atom is 0.283 e. The Hall–Kier alpha value is -5.22. The second-order valence-electron chi connectivity index (χ2n) is 9.49. The van der Waals surface area contributed by atoms with Crippen molar-refractivity contribution < 1.29 is 28.6 Å². The molecule has 0 radical (unpaired) electrons. The first kappa shape index (κ1) is 29.3. The molecule has 218 valence electrons. The number of carbonyl (C=O) groups is 3. The number of hydrogen-bond donors (Lipinski definition) is 2. The Morgan fingerprint density at radius 1 is 0.744 bits per heavy atom. The number of amides is 3. The zero-order valence-corrected chi connectivity index (χ0v) is 24.8. The predicted molar refractivity (Wildman–Crippen MR) is 167 cm³/mol. The fourth-order valence-electron chi connectivity index (χ4n) is 4.45. The summed E-state index contributed by atoms with van der Waals surface area (Å²) in [5.74, 6) is 0.286. The van der Waals surface area contributed by atoms with Crippen LogP contribution in [0.2, 0.25) is 0 Å². The third-order valence-corrected chi connectivity index (χ3v) is 7.69. The number of anilines is 3. The number of nitrogens with zero attached hydrogens (tertiary/aromatic N) is 1. The average Bonchev–Trinajstić information content (AvgIpc) is 3.25. The molecule has 1 aliphatic heterocycles. The number of ether oxygens (including phenoxy) is 3. The summed E-state index contributed by atoms with van der Waals surface area (Å²) in [6, 6.07) is 26.2. The Bertz CT molecular complexity index is 1740. The van der Waals surface area contributed by atoms with Crippen molar-refractivity contribution in [3.05, 3.63) is 113 Å². The van der Waals surface area contributed by atoms with E-state index in [9.17, 15) is 14.4 Å². The molecular weight excluding hydrogens is 566 g/mol. The SMILES string of the molecule is COc1ccc(NC2=C(Sc3cccc(NC(=O)c4cccc(OC)c4)c3)C(=O)N(c3cc(C)ccc3OC)C2=O)cc1. The first-order valence-electron chi connectivity index (χ1n) is 13.2. The Balaban J connectivity index is 1.48. The number of hydrogen-bond acceptors (Lipinski definition) is 8. The molecule has 4 aromatic carbocycles. The van der Waals surface area contributed by atoms with Crippen molar-refractivity contribution in [3.63, 3.8) is 0 Å². The maximum atomic E-state index is 13.9. The minimum atomic E-state index is -0.519. The van der Waals surface area contributed by atoms with Gasteiger partial charge in [0.1, 0.15) is 27.9 Å². The number of methoxy groups -OCH3 is 3. The highest BCUT2D eigenvalue weighted by Crippen LogP contribution is 2.41. The molecule has 0 atom stereocenters. The van der Waals surface area contributed by atoms with Crippen molar-refractivity contribution in [2.75, 3.05) is 36.9 Å². The van der Waals surface area contributed by atoms with E-state index < -0.39 is 11.8 Å². The molecule has 0 fully saturated rings. The Morgan fingerprint density at radius 3 is 2.21 bits per heavy atom. The van der Waals surface area contributed by atoms with Crippen LogP contribution in [0.4, 0.5) is 17.1 Å². The van der Waals surface area contributed by atoms with Gasteiger partial charge in [0.2, 0.25) is 0 Å². The third kappa shape index (κ3) is 6.34. The van der Waals surface area contributed by atoms with Gasteiger partial charge in [0.15, 0.2) is 0 Å². The van der Waals surface area contributed by atoms with Crippen LogP contribution in [0.15, 0.2) is 106 Å². The molecule has 0 saturated carbocycles. The van der Waals surface area contributed by atoms with Gasteiger partial charge in [0.05, 0.1) is 27.0 Å². The molecule has 0 spiro atoms. The standard InChI is InChI=1S/C33H29N3O6S/c1-20-11-16-28(42-4)27(17-20)36-32(38)29(34-22-12-14-24(40-2)15-13-22)30(33(36)39)43-26-10-6-8-23(19-26)35-31(37)21-7-5-9-25(18-21)41-3/h5-19,34H,1-4H3,(H,35,37). The van der Waals surface area contributed by atoms with Gasteiger partial charge in [-0.05, 0) is 85.3 Å². The molecular formula is C33H29N3O6S. The fourth-order valence-corrected chi connectivity index (χ4v) is 5.44. The van der Waals surface area contributed by atoms with Crippen LogP contribution in [0.25, 0.3) is 0 Å². The monoisotopic (exact) mass is 595 g/mol. The number of carbonyl (C=O) groups excluding carboxylic acids is 3. The Kier molecular flexibility index (Phi) is 8.68. The lowest BCUT2D eigenvalue weighted by atomic mass is 10.2. The molecule has 5 rings (SSSR count). The summed E-state index contributed by atoms with van der Waals surface area (Å²) in [5, 5.41) is 6.02. The van der Waals surface area contributed by atoms with E-state index in [1.165, 1.54) is 14.2 Å². The van der Waals surface area contributed by atoms with Gasteiger partial charge in [-0.2, -0.15) is 0 Å². The molecule has 3 amide bonds. The van der Waals surface area contributed by atoms with Gasteiger partial charge < -0.3 is 24.8 Å². The lowest BCUT2D eigenvalue weighted by molar-refractivity contribution is -0.120. The van der Waals surface area contributed by atoms with E-state index in [1.54, 1.807) is 92.0 Å². The molecule has 0 unspecified atom stereocenters. The lowest BCUT2D eigenvalue weighted by Gasteiger charge is -2.19. The van der Waals surface area contributed by atoms with Crippen LogP contribution in [0, 0.1) is 6.92 Å².